The Morgan fingerprint density at radius 2 is 1.80 bits per heavy atom. The molecule has 0 saturated heterocycles. The molecule has 0 aliphatic rings. The van der Waals surface area contributed by atoms with Gasteiger partial charge in [-0.15, -0.1) is 0 Å². The van der Waals surface area contributed by atoms with E-state index in [0.29, 0.717) is 12.0 Å². The van der Waals surface area contributed by atoms with E-state index in [1.807, 2.05) is 0 Å². The Balaban J connectivity index is 4.32. The number of ether oxygens (including phenoxy) is 1. The van der Waals surface area contributed by atoms with Crippen molar-refractivity contribution in [3.8, 4) is 0 Å². The molecule has 2 atom stereocenters. The maximum absolute atomic E-state index is 12.0. The van der Waals surface area contributed by atoms with Gasteiger partial charge in [-0.25, -0.2) is 0 Å². The molecule has 0 radical (unpaired) electrons. The molecule has 0 bridgehead atoms. The molecule has 116 valence electrons. The van der Waals surface area contributed by atoms with Crippen molar-refractivity contribution in [1.82, 2.24) is 0 Å². The number of ketones is 1. The van der Waals surface area contributed by atoms with E-state index < -0.39 is 18.0 Å². The third-order valence-electron chi connectivity index (χ3n) is 3.41. The van der Waals surface area contributed by atoms with Crippen LogP contribution < -0.4 is 0 Å². The number of hydrogen-bond donors (Lipinski definition) is 1. The molecule has 0 aliphatic heterocycles. The van der Waals surface area contributed by atoms with Crippen LogP contribution in [0.5, 0.6) is 0 Å². The van der Waals surface area contributed by atoms with E-state index in [1.54, 1.807) is 6.92 Å². The Hall–Kier alpha value is -1.16. The summed E-state index contributed by atoms with van der Waals surface area (Å²) in [5.41, 5.74) is 0.597. The molecule has 2 unspecified atom stereocenters. The van der Waals surface area contributed by atoms with Gasteiger partial charge < -0.3 is 9.84 Å². The Kier molecular flexibility index (Phi) is 9.99. The molecule has 0 aliphatic carbocycles. The highest BCUT2D eigenvalue weighted by atomic mass is 16.5. The number of aliphatic hydroxyl groups excluding tert-OH is 1. The monoisotopic (exact) mass is 284 g/mol. The number of Topliss-reactive ketones (excluding diaryl/α,β-unsaturated/α-hetero) is 1. The summed E-state index contributed by atoms with van der Waals surface area (Å²) < 4.78 is 4.48. The van der Waals surface area contributed by atoms with Crippen LogP contribution >= 0.6 is 0 Å². The van der Waals surface area contributed by atoms with Gasteiger partial charge in [-0.1, -0.05) is 51.2 Å². The Bertz CT molecular complexity index is 322. The molecule has 0 heterocycles. The second-order valence-electron chi connectivity index (χ2n) is 5.31. The van der Waals surface area contributed by atoms with E-state index in [-0.39, 0.29) is 12.2 Å². The van der Waals surface area contributed by atoms with Crippen molar-refractivity contribution < 1.29 is 19.4 Å². The number of hydrogen-bond acceptors (Lipinski definition) is 4. The van der Waals surface area contributed by atoms with Crippen LogP contribution in [0.1, 0.15) is 58.8 Å². The second-order valence-corrected chi connectivity index (χ2v) is 5.31. The van der Waals surface area contributed by atoms with E-state index in [2.05, 4.69) is 18.2 Å². The van der Waals surface area contributed by atoms with Crippen LogP contribution in [-0.4, -0.2) is 30.1 Å². The second kappa shape index (κ2) is 10.6. The van der Waals surface area contributed by atoms with Crippen LogP contribution in [0.15, 0.2) is 12.2 Å². The molecule has 0 fully saturated rings. The van der Waals surface area contributed by atoms with Crippen LogP contribution in [0.4, 0.5) is 0 Å². The topological polar surface area (TPSA) is 63.6 Å². The number of unbranched alkanes of at least 4 members (excludes halogenated alkanes) is 4. The predicted octanol–water partition coefficient (Wildman–Crippen LogP) is 3.03. The predicted molar refractivity (Wildman–Crippen MR) is 79.3 cm³/mol. The SMILES string of the molecule is C=C(C)C(C(=O)CC(=O)OC)C(O)CCCCCCC. The molecule has 0 saturated carbocycles. The number of rotatable bonds is 11. The molecule has 0 spiro atoms. The third-order valence-corrected chi connectivity index (χ3v) is 3.41. The quantitative estimate of drug-likeness (QED) is 0.274. The number of carbonyl (C=O) groups is 2. The fraction of sp³-hybridized carbons (Fsp3) is 0.750. The molecule has 0 aromatic rings. The largest absolute Gasteiger partial charge is 0.469 e. The Labute approximate surface area is 122 Å². The molecule has 0 aromatic heterocycles. The average molecular weight is 284 g/mol. The minimum atomic E-state index is -0.758. The lowest BCUT2D eigenvalue weighted by molar-refractivity contribution is -0.144. The molecule has 0 rings (SSSR count). The maximum atomic E-state index is 12.0. The number of carbonyl (C=O) groups excluding carboxylic acids is 2. The van der Waals surface area contributed by atoms with Gasteiger partial charge in [-0.3, -0.25) is 9.59 Å². The van der Waals surface area contributed by atoms with Crippen molar-refractivity contribution >= 4 is 11.8 Å². The van der Waals surface area contributed by atoms with Gasteiger partial charge in [0.05, 0.1) is 19.1 Å². The van der Waals surface area contributed by atoms with Gasteiger partial charge in [0.2, 0.25) is 0 Å². The first-order chi connectivity index (χ1) is 9.43. The highest BCUT2D eigenvalue weighted by molar-refractivity contribution is 5.98. The minimum Gasteiger partial charge on any atom is -0.469 e. The Morgan fingerprint density at radius 1 is 1.20 bits per heavy atom. The lowest BCUT2D eigenvalue weighted by Gasteiger charge is -2.21. The average Bonchev–Trinajstić information content (AvgIpc) is 2.37. The lowest BCUT2D eigenvalue weighted by Crippen LogP contribution is -2.30. The molecule has 0 amide bonds. The van der Waals surface area contributed by atoms with Crippen molar-refractivity contribution in [3.05, 3.63) is 12.2 Å². The van der Waals surface area contributed by atoms with Crippen LogP contribution in [0, 0.1) is 5.92 Å². The van der Waals surface area contributed by atoms with Crippen molar-refractivity contribution in [2.45, 2.75) is 64.9 Å². The van der Waals surface area contributed by atoms with Crippen molar-refractivity contribution in [2.24, 2.45) is 5.92 Å². The van der Waals surface area contributed by atoms with Crippen LogP contribution in [0.25, 0.3) is 0 Å². The van der Waals surface area contributed by atoms with Crippen molar-refractivity contribution in [3.63, 3.8) is 0 Å². The summed E-state index contributed by atoms with van der Waals surface area (Å²) in [5.74, 6) is -1.55. The normalized spacial score (nSPS) is 13.6. The van der Waals surface area contributed by atoms with Gasteiger partial charge in [0.25, 0.3) is 0 Å². The molecular weight excluding hydrogens is 256 g/mol. The van der Waals surface area contributed by atoms with E-state index in [4.69, 9.17) is 0 Å². The van der Waals surface area contributed by atoms with Crippen molar-refractivity contribution in [1.29, 1.82) is 0 Å². The number of esters is 1. The van der Waals surface area contributed by atoms with Gasteiger partial charge in [-0.2, -0.15) is 0 Å². The van der Waals surface area contributed by atoms with E-state index >= 15 is 0 Å². The summed E-state index contributed by atoms with van der Waals surface area (Å²) in [6.07, 6.45) is 4.96. The number of methoxy groups -OCH3 is 1. The Morgan fingerprint density at radius 3 is 2.30 bits per heavy atom. The highest BCUT2D eigenvalue weighted by Crippen LogP contribution is 2.21. The fourth-order valence-corrected chi connectivity index (χ4v) is 2.27. The molecule has 0 aromatic carbocycles. The van der Waals surface area contributed by atoms with Gasteiger partial charge in [-0.05, 0) is 13.3 Å². The molecule has 1 N–H and O–H groups in total. The first-order valence-corrected chi connectivity index (χ1v) is 7.37. The zero-order valence-corrected chi connectivity index (χ0v) is 13.0. The van der Waals surface area contributed by atoms with Gasteiger partial charge in [0.15, 0.2) is 5.78 Å². The summed E-state index contributed by atoms with van der Waals surface area (Å²) in [4.78, 5) is 23.2. The van der Waals surface area contributed by atoms with Gasteiger partial charge >= 0.3 is 5.97 Å². The molecule has 4 heteroatoms. The molecule has 4 nitrogen and oxygen atoms in total. The lowest BCUT2D eigenvalue weighted by atomic mass is 9.86. The zero-order chi connectivity index (χ0) is 15.5. The van der Waals surface area contributed by atoms with Gasteiger partial charge in [0.1, 0.15) is 6.42 Å². The van der Waals surface area contributed by atoms with Crippen molar-refractivity contribution in [2.75, 3.05) is 7.11 Å². The van der Waals surface area contributed by atoms with E-state index in [1.165, 1.54) is 20.0 Å². The molecular formula is C16H28O4. The van der Waals surface area contributed by atoms with Crippen LogP contribution in [0.2, 0.25) is 0 Å². The molecule has 20 heavy (non-hydrogen) atoms. The van der Waals surface area contributed by atoms with Crippen LogP contribution in [0.3, 0.4) is 0 Å². The summed E-state index contributed by atoms with van der Waals surface area (Å²) in [7, 11) is 1.25. The summed E-state index contributed by atoms with van der Waals surface area (Å²) >= 11 is 0. The maximum Gasteiger partial charge on any atom is 0.313 e. The summed E-state index contributed by atoms with van der Waals surface area (Å²) in [5, 5.41) is 10.2. The highest BCUT2D eigenvalue weighted by Gasteiger charge is 2.28. The van der Waals surface area contributed by atoms with Crippen LogP contribution in [-0.2, 0) is 14.3 Å². The van der Waals surface area contributed by atoms with E-state index in [0.717, 1.165) is 19.3 Å². The standard InChI is InChI=1S/C16H28O4/c1-5-6-7-8-9-10-13(17)16(12(2)3)14(18)11-15(19)20-4/h13,16-17H,2,5-11H2,1,3-4H3. The first kappa shape index (κ1) is 18.8. The third kappa shape index (κ3) is 7.43. The van der Waals surface area contributed by atoms with E-state index in [9.17, 15) is 14.7 Å². The smallest absolute Gasteiger partial charge is 0.313 e. The number of aliphatic hydroxyl groups is 1. The fourth-order valence-electron chi connectivity index (χ4n) is 2.27. The van der Waals surface area contributed by atoms with Gasteiger partial charge in [0, 0.05) is 0 Å². The minimum absolute atomic E-state index is 0.305. The zero-order valence-electron chi connectivity index (χ0n) is 13.0. The summed E-state index contributed by atoms with van der Waals surface area (Å²) in [6.45, 7) is 7.61. The first-order valence-electron chi connectivity index (χ1n) is 7.37. The summed E-state index contributed by atoms with van der Waals surface area (Å²) in [6, 6.07) is 0.